The molecule has 2 fully saturated rings. The van der Waals surface area contributed by atoms with Crippen molar-refractivity contribution in [3.63, 3.8) is 0 Å². The second-order valence-electron chi connectivity index (χ2n) is 5.58. The molecule has 2 aliphatic rings. The monoisotopic (exact) mass is 222 g/mol. The summed E-state index contributed by atoms with van der Waals surface area (Å²) in [6.07, 6.45) is 3.46. The van der Waals surface area contributed by atoms with E-state index >= 15 is 0 Å². The van der Waals surface area contributed by atoms with Gasteiger partial charge in [-0.25, -0.2) is 4.79 Å². The van der Waals surface area contributed by atoms with Crippen LogP contribution in [0.4, 0.5) is 4.79 Å². The van der Waals surface area contributed by atoms with E-state index in [0.717, 1.165) is 18.4 Å². The number of hydrogen-bond acceptors (Lipinski definition) is 2. The zero-order valence-corrected chi connectivity index (χ0v) is 9.96. The molecule has 0 aromatic heterocycles. The van der Waals surface area contributed by atoms with Gasteiger partial charge in [0.2, 0.25) is 0 Å². The smallest absolute Gasteiger partial charge is 0.316 e. The minimum absolute atomic E-state index is 0.0186. The van der Waals surface area contributed by atoms with Crippen molar-refractivity contribution in [1.82, 2.24) is 5.32 Å². The van der Waals surface area contributed by atoms with Gasteiger partial charge in [0, 0.05) is 17.2 Å². The summed E-state index contributed by atoms with van der Waals surface area (Å²) in [5.74, 6) is 0.416. The SMILES string of the molecule is CC1(C)[C@@H]2CC[C@]1(C)C(=O)/C2=C\NC(N)=O. The van der Waals surface area contributed by atoms with Crippen molar-refractivity contribution in [2.45, 2.75) is 33.6 Å². The molecule has 0 unspecified atom stereocenters. The zero-order valence-electron chi connectivity index (χ0n) is 9.96. The molecule has 88 valence electrons. The van der Waals surface area contributed by atoms with Gasteiger partial charge >= 0.3 is 6.03 Å². The number of amides is 2. The summed E-state index contributed by atoms with van der Waals surface area (Å²) in [5.41, 5.74) is 5.45. The Kier molecular flexibility index (Phi) is 2.16. The van der Waals surface area contributed by atoms with E-state index < -0.39 is 6.03 Å². The number of ketones is 1. The van der Waals surface area contributed by atoms with Crippen LogP contribution in [0.1, 0.15) is 33.6 Å². The Morgan fingerprint density at radius 1 is 1.50 bits per heavy atom. The number of primary amides is 1. The van der Waals surface area contributed by atoms with Gasteiger partial charge in [-0.1, -0.05) is 20.8 Å². The average molecular weight is 222 g/mol. The first-order valence-electron chi connectivity index (χ1n) is 5.61. The lowest BCUT2D eigenvalue weighted by molar-refractivity contribution is -0.125. The Morgan fingerprint density at radius 2 is 2.12 bits per heavy atom. The third-order valence-corrected chi connectivity index (χ3v) is 4.73. The fourth-order valence-corrected chi connectivity index (χ4v) is 3.24. The second-order valence-corrected chi connectivity index (χ2v) is 5.58. The van der Waals surface area contributed by atoms with Gasteiger partial charge in [0.05, 0.1) is 0 Å². The molecule has 0 saturated heterocycles. The molecule has 2 atom stereocenters. The molecular weight excluding hydrogens is 204 g/mol. The summed E-state index contributed by atoms with van der Waals surface area (Å²) < 4.78 is 0. The number of nitrogens with two attached hydrogens (primary N) is 1. The average Bonchev–Trinajstić information content (AvgIpc) is 2.47. The van der Waals surface area contributed by atoms with Gasteiger partial charge in [-0.3, -0.25) is 4.79 Å². The summed E-state index contributed by atoms with van der Waals surface area (Å²) >= 11 is 0. The van der Waals surface area contributed by atoms with Crippen LogP contribution in [0.5, 0.6) is 0 Å². The van der Waals surface area contributed by atoms with E-state index in [1.165, 1.54) is 6.20 Å². The number of allylic oxidation sites excluding steroid dienone is 1. The highest BCUT2D eigenvalue weighted by Gasteiger charge is 2.63. The Hall–Kier alpha value is -1.32. The van der Waals surface area contributed by atoms with E-state index in [1.807, 2.05) is 6.92 Å². The number of urea groups is 1. The normalized spacial score (nSPS) is 38.1. The van der Waals surface area contributed by atoms with Crippen molar-refractivity contribution in [1.29, 1.82) is 0 Å². The van der Waals surface area contributed by atoms with E-state index in [-0.39, 0.29) is 22.5 Å². The number of nitrogens with one attached hydrogen (secondary N) is 1. The van der Waals surface area contributed by atoms with Gasteiger partial charge in [-0.15, -0.1) is 0 Å². The van der Waals surface area contributed by atoms with Crippen molar-refractivity contribution in [3.05, 3.63) is 11.8 Å². The summed E-state index contributed by atoms with van der Waals surface area (Å²) in [6.45, 7) is 6.29. The van der Waals surface area contributed by atoms with Crippen LogP contribution in [0.3, 0.4) is 0 Å². The number of Topliss-reactive ketones (excluding diaryl/α,β-unsaturated/α-hetero) is 1. The minimum atomic E-state index is -0.619. The van der Waals surface area contributed by atoms with Crippen LogP contribution >= 0.6 is 0 Å². The van der Waals surface area contributed by atoms with E-state index in [4.69, 9.17) is 5.73 Å². The molecule has 4 heteroatoms. The van der Waals surface area contributed by atoms with Gasteiger partial charge < -0.3 is 11.1 Å². The van der Waals surface area contributed by atoms with Crippen molar-refractivity contribution in [2.24, 2.45) is 22.5 Å². The van der Waals surface area contributed by atoms with Crippen LogP contribution in [0.25, 0.3) is 0 Å². The van der Waals surface area contributed by atoms with Gasteiger partial charge in [-0.2, -0.15) is 0 Å². The highest BCUT2D eigenvalue weighted by atomic mass is 16.2. The van der Waals surface area contributed by atoms with Gasteiger partial charge in [0.25, 0.3) is 0 Å². The molecule has 2 saturated carbocycles. The third kappa shape index (κ3) is 1.16. The molecule has 2 amide bonds. The fraction of sp³-hybridized carbons (Fsp3) is 0.667. The zero-order chi connectivity index (χ0) is 12.1. The lowest BCUT2D eigenvalue weighted by atomic mass is 9.70. The van der Waals surface area contributed by atoms with Gasteiger partial charge in [-0.05, 0) is 24.2 Å². The fourth-order valence-electron chi connectivity index (χ4n) is 3.24. The maximum atomic E-state index is 12.3. The molecule has 0 radical (unpaired) electrons. The largest absolute Gasteiger partial charge is 0.351 e. The highest BCUT2D eigenvalue weighted by Crippen LogP contribution is 2.65. The maximum absolute atomic E-state index is 12.3. The number of fused-ring (bicyclic) bond motifs is 2. The molecule has 2 aliphatic carbocycles. The summed E-state index contributed by atoms with van der Waals surface area (Å²) in [5, 5.41) is 2.41. The first-order valence-corrected chi connectivity index (χ1v) is 5.61. The van der Waals surface area contributed by atoms with Crippen LogP contribution in [-0.4, -0.2) is 11.8 Å². The van der Waals surface area contributed by atoms with Gasteiger partial charge in [0.15, 0.2) is 5.78 Å². The van der Waals surface area contributed by atoms with Crippen LogP contribution in [0.15, 0.2) is 11.8 Å². The molecule has 0 heterocycles. The minimum Gasteiger partial charge on any atom is -0.351 e. The first-order chi connectivity index (χ1) is 7.30. The van der Waals surface area contributed by atoms with Crippen LogP contribution in [0.2, 0.25) is 0 Å². The molecular formula is C12H18N2O2. The predicted octanol–water partition coefficient (Wildman–Crippen LogP) is 1.56. The highest BCUT2D eigenvalue weighted by molar-refractivity contribution is 6.04. The van der Waals surface area contributed by atoms with Crippen molar-refractivity contribution in [3.8, 4) is 0 Å². The Labute approximate surface area is 95.3 Å². The van der Waals surface area contributed by atoms with Gasteiger partial charge in [0.1, 0.15) is 0 Å². The van der Waals surface area contributed by atoms with E-state index in [1.54, 1.807) is 0 Å². The van der Waals surface area contributed by atoms with E-state index in [9.17, 15) is 9.59 Å². The molecule has 2 rings (SSSR count). The molecule has 0 aromatic carbocycles. The topological polar surface area (TPSA) is 72.2 Å². The Balaban J connectivity index is 2.37. The Morgan fingerprint density at radius 3 is 2.56 bits per heavy atom. The third-order valence-electron chi connectivity index (χ3n) is 4.73. The molecule has 4 nitrogen and oxygen atoms in total. The van der Waals surface area contributed by atoms with Crippen LogP contribution in [0, 0.1) is 16.7 Å². The lowest BCUT2D eigenvalue weighted by Crippen LogP contribution is -2.32. The second kappa shape index (κ2) is 3.09. The molecule has 0 aliphatic heterocycles. The quantitative estimate of drug-likeness (QED) is 0.661. The number of rotatable bonds is 1. The van der Waals surface area contributed by atoms with Crippen molar-refractivity contribution < 1.29 is 9.59 Å². The molecule has 0 spiro atoms. The van der Waals surface area contributed by atoms with E-state index in [2.05, 4.69) is 19.2 Å². The summed E-state index contributed by atoms with van der Waals surface area (Å²) in [6, 6.07) is -0.619. The maximum Gasteiger partial charge on any atom is 0.316 e. The predicted molar refractivity (Wildman–Crippen MR) is 60.4 cm³/mol. The molecule has 2 bridgehead atoms. The number of carbonyl (C=O) groups is 2. The lowest BCUT2D eigenvalue weighted by Gasteiger charge is -2.31. The number of hydrogen-bond donors (Lipinski definition) is 2. The first kappa shape index (κ1) is 11.2. The molecule has 16 heavy (non-hydrogen) atoms. The molecule has 3 N–H and O–H groups in total. The Bertz CT molecular complexity index is 398. The van der Waals surface area contributed by atoms with E-state index in [0.29, 0.717) is 0 Å². The van der Waals surface area contributed by atoms with Crippen molar-refractivity contribution in [2.75, 3.05) is 0 Å². The van der Waals surface area contributed by atoms with Crippen molar-refractivity contribution >= 4 is 11.8 Å². The molecule has 0 aromatic rings. The van der Waals surface area contributed by atoms with Crippen LogP contribution in [-0.2, 0) is 4.79 Å². The van der Waals surface area contributed by atoms with Crippen LogP contribution < -0.4 is 11.1 Å². The summed E-state index contributed by atoms with van der Waals surface area (Å²) in [7, 11) is 0. The summed E-state index contributed by atoms with van der Waals surface area (Å²) in [4.78, 5) is 22.9. The standard InChI is InChI=1S/C12H18N2O2/c1-11(2)8-4-5-12(11,3)9(15)7(8)6-14-10(13)16/h6,8H,4-5H2,1-3H3,(H3,13,14,16)/b7-6-/t8-,12-/m1/s1. The number of carbonyl (C=O) groups excluding carboxylic acids is 2.